The lowest BCUT2D eigenvalue weighted by Crippen LogP contribution is -2.24. The molecular weight excluding hydrogens is 228 g/mol. The van der Waals surface area contributed by atoms with Crippen LogP contribution in [-0.4, -0.2) is 24.6 Å². The fourth-order valence-corrected chi connectivity index (χ4v) is 1.23. The van der Waals surface area contributed by atoms with E-state index in [-0.39, 0.29) is 18.6 Å². The zero-order valence-electron chi connectivity index (χ0n) is 9.19. The molecule has 0 fully saturated rings. The first-order chi connectivity index (χ1) is 7.76. The number of para-hydroxylation sites is 1. The van der Waals surface area contributed by atoms with Crippen LogP contribution >= 0.6 is 11.6 Å². The fourth-order valence-electron chi connectivity index (χ4n) is 1.15. The van der Waals surface area contributed by atoms with Gasteiger partial charge in [-0.1, -0.05) is 25.1 Å². The Bertz CT molecular complexity index is 313. The summed E-state index contributed by atoms with van der Waals surface area (Å²) < 4.78 is 10.6. The molecule has 1 aromatic carbocycles. The van der Waals surface area contributed by atoms with Crippen LogP contribution in [0.15, 0.2) is 30.3 Å². The Hall–Kier alpha value is -1.22. The summed E-state index contributed by atoms with van der Waals surface area (Å²) in [4.78, 5) is 10.9. The van der Waals surface area contributed by atoms with Crippen molar-refractivity contribution in [3.63, 3.8) is 0 Å². The molecule has 4 heteroatoms. The highest BCUT2D eigenvalue weighted by Crippen LogP contribution is 2.12. The zero-order chi connectivity index (χ0) is 11.8. The van der Waals surface area contributed by atoms with Crippen LogP contribution < -0.4 is 4.74 Å². The van der Waals surface area contributed by atoms with Gasteiger partial charge in [0.25, 0.3) is 0 Å². The van der Waals surface area contributed by atoms with E-state index in [1.54, 1.807) is 0 Å². The first-order valence-electron chi connectivity index (χ1n) is 5.19. The van der Waals surface area contributed by atoms with Gasteiger partial charge in [0.05, 0.1) is 0 Å². The van der Waals surface area contributed by atoms with Gasteiger partial charge in [-0.2, -0.15) is 0 Å². The number of rotatable bonds is 6. The molecule has 1 atom stereocenters. The van der Waals surface area contributed by atoms with E-state index in [0.717, 1.165) is 12.2 Å². The summed E-state index contributed by atoms with van der Waals surface area (Å²) in [5, 5.41) is 0. The number of benzene rings is 1. The summed E-state index contributed by atoms with van der Waals surface area (Å²) >= 11 is 5.32. The van der Waals surface area contributed by atoms with Crippen LogP contribution in [0.3, 0.4) is 0 Å². The van der Waals surface area contributed by atoms with Crippen molar-refractivity contribution in [2.45, 2.75) is 19.4 Å². The van der Waals surface area contributed by atoms with Crippen molar-refractivity contribution in [3.05, 3.63) is 30.3 Å². The average molecular weight is 243 g/mol. The maximum Gasteiger partial charge on any atom is 0.321 e. The molecule has 1 rings (SSSR count). The van der Waals surface area contributed by atoms with E-state index >= 15 is 0 Å². The van der Waals surface area contributed by atoms with Crippen molar-refractivity contribution in [1.29, 1.82) is 0 Å². The van der Waals surface area contributed by atoms with Gasteiger partial charge >= 0.3 is 5.97 Å². The number of esters is 1. The molecule has 0 aromatic heterocycles. The molecule has 0 saturated carbocycles. The number of alkyl halides is 1. The quantitative estimate of drug-likeness (QED) is 0.568. The van der Waals surface area contributed by atoms with Crippen LogP contribution in [0.25, 0.3) is 0 Å². The second kappa shape index (κ2) is 7.12. The third-order valence-electron chi connectivity index (χ3n) is 2.04. The normalized spacial score (nSPS) is 11.9. The topological polar surface area (TPSA) is 35.5 Å². The first kappa shape index (κ1) is 12.8. The Morgan fingerprint density at radius 2 is 2.06 bits per heavy atom. The molecule has 0 bridgehead atoms. The minimum atomic E-state index is -0.420. The highest BCUT2D eigenvalue weighted by molar-refractivity contribution is 6.26. The molecule has 0 heterocycles. The number of halogens is 1. The molecule has 0 saturated heterocycles. The average Bonchev–Trinajstić information content (AvgIpc) is 2.35. The highest BCUT2D eigenvalue weighted by Gasteiger charge is 2.10. The maximum absolute atomic E-state index is 10.9. The molecule has 88 valence electrons. The van der Waals surface area contributed by atoms with Crippen LogP contribution in [-0.2, 0) is 9.53 Å². The van der Waals surface area contributed by atoms with Gasteiger partial charge in [-0.3, -0.25) is 4.79 Å². The van der Waals surface area contributed by atoms with Crippen molar-refractivity contribution in [3.8, 4) is 5.75 Å². The Balaban J connectivity index is 2.40. The Morgan fingerprint density at radius 3 is 2.62 bits per heavy atom. The largest absolute Gasteiger partial charge is 0.487 e. The molecule has 0 radical (unpaired) electrons. The van der Waals surface area contributed by atoms with E-state index in [1.165, 1.54) is 0 Å². The van der Waals surface area contributed by atoms with E-state index in [2.05, 4.69) is 0 Å². The van der Waals surface area contributed by atoms with E-state index in [0.29, 0.717) is 0 Å². The van der Waals surface area contributed by atoms with Gasteiger partial charge in [-0.15, -0.1) is 11.6 Å². The molecule has 0 N–H and O–H groups in total. The lowest BCUT2D eigenvalue weighted by atomic mass is 10.3. The standard InChI is InChI=1S/C12H15ClO3/c1-2-10(9-15-12(14)8-13)16-11-6-4-3-5-7-11/h3-7,10H,2,8-9H2,1H3. The summed E-state index contributed by atoms with van der Waals surface area (Å²) in [5.41, 5.74) is 0. The van der Waals surface area contributed by atoms with Crippen molar-refractivity contribution in [2.24, 2.45) is 0 Å². The van der Waals surface area contributed by atoms with Crippen LogP contribution in [0.1, 0.15) is 13.3 Å². The van der Waals surface area contributed by atoms with Gasteiger partial charge < -0.3 is 9.47 Å². The summed E-state index contributed by atoms with van der Waals surface area (Å²) in [6.45, 7) is 2.21. The molecule has 0 aliphatic heterocycles. The van der Waals surface area contributed by atoms with Crippen molar-refractivity contribution in [2.75, 3.05) is 12.5 Å². The van der Waals surface area contributed by atoms with Gasteiger partial charge in [0.2, 0.25) is 0 Å². The Morgan fingerprint density at radius 1 is 1.38 bits per heavy atom. The summed E-state index contributed by atoms with van der Waals surface area (Å²) in [6, 6.07) is 9.44. The smallest absolute Gasteiger partial charge is 0.321 e. The van der Waals surface area contributed by atoms with Crippen LogP contribution in [0.4, 0.5) is 0 Å². The lowest BCUT2D eigenvalue weighted by Gasteiger charge is -2.17. The van der Waals surface area contributed by atoms with E-state index in [1.807, 2.05) is 37.3 Å². The predicted octanol–water partition coefficient (Wildman–Crippen LogP) is 2.63. The Labute approximate surface area is 100 Å². The lowest BCUT2D eigenvalue weighted by molar-refractivity contribution is -0.143. The summed E-state index contributed by atoms with van der Waals surface area (Å²) in [6.07, 6.45) is 0.638. The molecular formula is C12H15ClO3. The molecule has 0 aliphatic carbocycles. The van der Waals surface area contributed by atoms with Crippen molar-refractivity contribution >= 4 is 17.6 Å². The van der Waals surface area contributed by atoms with Gasteiger partial charge in [-0.25, -0.2) is 0 Å². The summed E-state index contributed by atoms with van der Waals surface area (Å²) in [5.74, 6) is 0.231. The monoisotopic (exact) mass is 242 g/mol. The molecule has 3 nitrogen and oxygen atoms in total. The predicted molar refractivity (Wildman–Crippen MR) is 62.8 cm³/mol. The number of hydrogen-bond donors (Lipinski definition) is 0. The Kier molecular flexibility index (Phi) is 5.72. The number of carbonyl (C=O) groups is 1. The highest BCUT2D eigenvalue weighted by atomic mass is 35.5. The molecule has 0 aliphatic rings. The molecule has 0 amide bonds. The van der Waals surface area contributed by atoms with Crippen molar-refractivity contribution < 1.29 is 14.3 Å². The van der Waals surface area contributed by atoms with Crippen LogP contribution in [0.2, 0.25) is 0 Å². The van der Waals surface area contributed by atoms with Crippen molar-refractivity contribution in [1.82, 2.24) is 0 Å². The minimum absolute atomic E-state index is 0.123. The number of carbonyl (C=O) groups excluding carboxylic acids is 1. The maximum atomic E-state index is 10.9. The third kappa shape index (κ3) is 4.53. The zero-order valence-corrected chi connectivity index (χ0v) is 9.94. The first-order valence-corrected chi connectivity index (χ1v) is 5.73. The van der Waals surface area contributed by atoms with Crippen LogP contribution in [0, 0.1) is 0 Å². The second-order valence-electron chi connectivity index (χ2n) is 3.28. The molecule has 16 heavy (non-hydrogen) atoms. The molecule has 1 unspecified atom stereocenters. The SMILES string of the molecule is CCC(COC(=O)CCl)Oc1ccccc1. The minimum Gasteiger partial charge on any atom is -0.487 e. The van der Waals surface area contributed by atoms with Gasteiger partial charge in [-0.05, 0) is 18.6 Å². The second-order valence-corrected chi connectivity index (χ2v) is 3.55. The third-order valence-corrected chi connectivity index (χ3v) is 2.26. The molecule has 1 aromatic rings. The van der Waals surface area contributed by atoms with Gasteiger partial charge in [0.15, 0.2) is 0 Å². The van der Waals surface area contributed by atoms with E-state index < -0.39 is 5.97 Å². The number of ether oxygens (including phenoxy) is 2. The van der Waals surface area contributed by atoms with Gasteiger partial charge in [0, 0.05) is 0 Å². The van der Waals surface area contributed by atoms with E-state index in [4.69, 9.17) is 21.1 Å². The number of hydrogen-bond acceptors (Lipinski definition) is 3. The summed E-state index contributed by atoms with van der Waals surface area (Å²) in [7, 11) is 0. The molecule has 0 spiro atoms. The van der Waals surface area contributed by atoms with E-state index in [9.17, 15) is 4.79 Å². The van der Waals surface area contributed by atoms with Gasteiger partial charge in [0.1, 0.15) is 24.3 Å². The van der Waals surface area contributed by atoms with Crippen LogP contribution in [0.5, 0.6) is 5.75 Å². The fraction of sp³-hybridized carbons (Fsp3) is 0.417.